The van der Waals surface area contributed by atoms with Crippen LogP contribution in [-0.2, 0) is 9.53 Å². The number of hydrogen-bond acceptors (Lipinski definition) is 2. The molecule has 0 saturated heterocycles. The summed E-state index contributed by atoms with van der Waals surface area (Å²) in [5.41, 5.74) is 0. The highest BCUT2D eigenvalue weighted by Crippen LogP contribution is 2.18. The molecule has 3 nitrogen and oxygen atoms in total. The van der Waals surface area contributed by atoms with Crippen molar-refractivity contribution < 1.29 is 26.4 Å². The number of hydrogen-bond donors (Lipinski definition) is 0. The zero-order valence-corrected chi connectivity index (χ0v) is 42.3. The minimum absolute atomic E-state index is 0. The highest BCUT2D eigenvalue weighted by Gasteiger charge is 2.21. The van der Waals surface area contributed by atoms with E-state index in [0.29, 0.717) is 13.0 Å². The van der Waals surface area contributed by atoms with Gasteiger partial charge >= 0.3 is 5.97 Å². The summed E-state index contributed by atoms with van der Waals surface area (Å²) in [5, 5.41) is 0. The fraction of sp³-hybridized carbons (Fsp3) is 0.982. The van der Waals surface area contributed by atoms with Crippen LogP contribution in [0.3, 0.4) is 0 Å². The molecule has 0 heterocycles. The summed E-state index contributed by atoms with van der Waals surface area (Å²) in [5.74, 6) is 0.0378. The second kappa shape index (κ2) is 52.1. The van der Waals surface area contributed by atoms with E-state index in [1.54, 1.807) is 0 Å². The first-order chi connectivity index (χ1) is 28.6. The lowest BCUT2D eigenvalue weighted by molar-refractivity contribution is -0.910. The van der Waals surface area contributed by atoms with E-state index in [4.69, 9.17) is 4.74 Å². The molecule has 4 heteroatoms. The van der Waals surface area contributed by atoms with Crippen LogP contribution in [0, 0.1) is 0 Å². The zero-order valence-electron chi connectivity index (χ0n) is 41.5. The monoisotopic (exact) mass is 854 g/mol. The predicted molar refractivity (Wildman–Crippen MR) is 261 cm³/mol. The molecule has 0 atom stereocenters. The number of halogens is 1. The van der Waals surface area contributed by atoms with Gasteiger partial charge in [-0.3, -0.25) is 4.79 Å². The van der Waals surface area contributed by atoms with Gasteiger partial charge in [-0.1, -0.05) is 278 Å². The summed E-state index contributed by atoms with van der Waals surface area (Å²) in [7, 11) is 2.45. The lowest BCUT2D eigenvalue weighted by Gasteiger charge is -2.34. The van der Waals surface area contributed by atoms with Crippen molar-refractivity contribution in [1.82, 2.24) is 0 Å². The number of esters is 1. The Morgan fingerprint density at radius 2 is 0.508 bits per heavy atom. The van der Waals surface area contributed by atoms with Crippen molar-refractivity contribution in [1.29, 1.82) is 0 Å². The van der Waals surface area contributed by atoms with Crippen LogP contribution in [-0.4, -0.2) is 43.7 Å². The molecule has 0 N–H and O–H groups in total. The van der Waals surface area contributed by atoms with Gasteiger partial charge < -0.3 is 21.6 Å². The van der Waals surface area contributed by atoms with Gasteiger partial charge in [-0.05, 0) is 32.1 Å². The Hall–Kier alpha value is -0.280. The summed E-state index contributed by atoms with van der Waals surface area (Å²) in [6.45, 7) is 11.0. The van der Waals surface area contributed by atoms with Gasteiger partial charge in [0, 0.05) is 6.42 Å². The van der Waals surface area contributed by atoms with E-state index in [1.807, 2.05) is 0 Å². The van der Waals surface area contributed by atoms with Crippen LogP contribution < -0.4 is 12.4 Å². The third-order valence-electron chi connectivity index (χ3n) is 13.5. The molecule has 0 aliphatic carbocycles. The smallest absolute Gasteiger partial charge is 0.305 e. The highest BCUT2D eigenvalue weighted by atomic mass is 35.5. The van der Waals surface area contributed by atoms with Crippen molar-refractivity contribution in [3.05, 3.63) is 0 Å². The second-order valence-corrected chi connectivity index (χ2v) is 19.6. The molecule has 0 aromatic rings. The minimum Gasteiger partial charge on any atom is -1.00 e. The third-order valence-corrected chi connectivity index (χ3v) is 13.5. The molecule has 0 saturated carbocycles. The van der Waals surface area contributed by atoms with Crippen LogP contribution >= 0.6 is 0 Å². The maximum Gasteiger partial charge on any atom is 0.305 e. The summed E-state index contributed by atoms with van der Waals surface area (Å²) in [4.78, 5) is 12.6. The van der Waals surface area contributed by atoms with E-state index in [0.717, 1.165) is 17.4 Å². The Kier molecular flexibility index (Phi) is 53.7. The highest BCUT2D eigenvalue weighted by molar-refractivity contribution is 5.69. The summed E-state index contributed by atoms with van der Waals surface area (Å²) in [6.07, 6.45) is 63.7. The van der Waals surface area contributed by atoms with Gasteiger partial charge in [0.25, 0.3) is 0 Å². The van der Waals surface area contributed by atoms with Gasteiger partial charge in [0.05, 0.1) is 20.1 Å². The zero-order chi connectivity index (χ0) is 42.1. The van der Waals surface area contributed by atoms with E-state index < -0.39 is 0 Å². The molecule has 356 valence electrons. The molecular formula is C55H112ClNO2. The first-order valence-electron chi connectivity index (χ1n) is 27.6. The van der Waals surface area contributed by atoms with Crippen LogP contribution in [0.25, 0.3) is 0 Å². The van der Waals surface area contributed by atoms with Crippen molar-refractivity contribution in [2.24, 2.45) is 0 Å². The molecule has 0 aromatic carbocycles. The lowest BCUT2D eigenvalue weighted by Crippen LogP contribution is -3.00. The largest absolute Gasteiger partial charge is 1.00 e. The van der Waals surface area contributed by atoms with Crippen molar-refractivity contribution >= 4 is 5.97 Å². The van der Waals surface area contributed by atoms with E-state index in [1.165, 1.54) is 296 Å². The molecule has 0 aromatic heterocycles. The molecule has 0 radical (unpaired) electrons. The maximum atomic E-state index is 12.6. The first-order valence-corrected chi connectivity index (χ1v) is 27.6. The molecule has 0 aliphatic heterocycles. The van der Waals surface area contributed by atoms with Crippen LogP contribution in [0.1, 0.15) is 316 Å². The SMILES string of the molecule is CCCCCCCCCCCCCCCCCCCC[N+](C)(CCCCCCCCCCCCCCCCCCCC)CCOC(=O)CCCCCCCCCCC.[Cl-]. The first kappa shape index (κ1) is 60.8. The number of carbonyl (C=O) groups is 1. The molecular weight excluding hydrogens is 742 g/mol. The average molecular weight is 855 g/mol. The molecule has 0 unspecified atom stereocenters. The quantitative estimate of drug-likeness (QED) is 0.0346. The van der Waals surface area contributed by atoms with Crippen molar-refractivity contribution in [3.8, 4) is 0 Å². The van der Waals surface area contributed by atoms with Crippen LogP contribution in [0.5, 0.6) is 0 Å². The number of nitrogens with zero attached hydrogens (tertiary/aromatic N) is 1. The van der Waals surface area contributed by atoms with Crippen LogP contribution in [0.15, 0.2) is 0 Å². The molecule has 0 amide bonds. The minimum atomic E-state index is 0. The second-order valence-electron chi connectivity index (χ2n) is 19.6. The van der Waals surface area contributed by atoms with Gasteiger partial charge in [-0.15, -0.1) is 0 Å². The van der Waals surface area contributed by atoms with Crippen LogP contribution in [0.2, 0.25) is 0 Å². The van der Waals surface area contributed by atoms with Crippen molar-refractivity contribution in [2.75, 3.05) is 33.3 Å². The molecule has 0 spiro atoms. The molecule has 0 fully saturated rings. The summed E-state index contributed by atoms with van der Waals surface area (Å²) < 4.78 is 6.92. The van der Waals surface area contributed by atoms with Gasteiger partial charge in [0.1, 0.15) is 13.2 Å². The Balaban J connectivity index is 0. The Morgan fingerprint density at radius 1 is 0.305 bits per heavy atom. The van der Waals surface area contributed by atoms with Gasteiger partial charge in [-0.2, -0.15) is 0 Å². The Morgan fingerprint density at radius 3 is 0.746 bits per heavy atom. The number of unbranched alkanes of at least 4 members (excludes halogenated alkanes) is 42. The van der Waals surface area contributed by atoms with Crippen molar-refractivity contribution in [2.45, 2.75) is 316 Å². The Bertz CT molecular complexity index is 734. The number of likely N-dealkylation sites (N-methyl/N-ethyl adjacent to an activating group) is 1. The molecule has 59 heavy (non-hydrogen) atoms. The number of quaternary nitrogens is 1. The fourth-order valence-electron chi connectivity index (χ4n) is 9.16. The number of rotatable bonds is 51. The number of ether oxygens (including phenoxy) is 1. The fourth-order valence-corrected chi connectivity index (χ4v) is 9.16. The van der Waals surface area contributed by atoms with E-state index in [-0.39, 0.29) is 18.4 Å². The third kappa shape index (κ3) is 50.2. The molecule has 0 bridgehead atoms. The summed E-state index contributed by atoms with van der Waals surface area (Å²) in [6, 6.07) is 0. The van der Waals surface area contributed by atoms with Gasteiger partial charge in [-0.25, -0.2) is 0 Å². The van der Waals surface area contributed by atoms with Crippen LogP contribution in [0.4, 0.5) is 0 Å². The van der Waals surface area contributed by atoms with E-state index in [9.17, 15) is 4.79 Å². The summed E-state index contributed by atoms with van der Waals surface area (Å²) >= 11 is 0. The van der Waals surface area contributed by atoms with Gasteiger partial charge in [0.2, 0.25) is 0 Å². The van der Waals surface area contributed by atoms with Crippen molar-refractivity contribution in [3.63, 3.8) is 0 Å². The van der Waals surface area contributed by atoms with E-state index in [2.05, 4.69) is 27.8 Å². The topological polar surface area (TPSA) is 26.3 Å². The predicted octanol–water partition coefficient (Wildman–Crippen LogP) is 16.0. The Labute approximate surface area is 380 Å². The number of carbonyl (C=O) groups excluding carboxylic acids is 1. The standard InChI is InChI=1S/C55H112NO2.ClH/c1-5-8-11-14-17-20-22-24-26-28-30-32-34-36-39-42-45-48-51-56(4,53-54-58-55(57)50-47-44-41-38-19-16-13-10-7-3)52-49-46-43-40-37-35-33-31-29-27-25-23-21-18-15-12-9-6-2;/h5-54H2,1-4H3;1H/q+1;/p-1. The molecule has 0 rings (SSSR count). The maximum absolute atomic E-state index is 12.6. The normalized spacial score (nSPS) is 11.7. The average Bonchev–Trinajstić information content (AvgIpc) is 3.22. The van der Waals surface area contributed by atoms with E-state index >= 15 is 0 Å². The molecule has 0 aliphatic rings. The lowest BCUT2D eigenvalue weighted by atomic mass is 10.0. The van der Waals surface area contributed by atoms with Gasteiger partial charge in [0.15, 0.2) is 0 Å².